The van der Waals surface area contributed by atoms with E-state index in [9.17, 15) is 0 Å². The van der Waals surface area contributed by atoms with Crippen LogP contribution in [0.4, 0.5) is 0 Å². The molecule has 1 atom stereocenters. The van der Waals surface area contributed by atoms with Gasteiger partial charge in [0.1, 0.15) is 11.5 Å². The Labute approximate surface area is 108 Å². The van der Waals surface area contributed by atoms with Crippen LogP contribution in [0.2, 0.25) is 0 Å². The number of nitrogens with two attached hydrogens (primary N) is 1. The molecule has 1 aliphatic carbocycles. The van der Waals surface area contributed by atoms with Crippen LogP contribution in [0.5, 0.6) is 11.5 Å². The molecular formula is C14H22N2O2. The van der Waals surface area contributed by atoms with Crippen molar-refractivity contribution in [2.75, 3.05) is 20.8 Å². The molecule has 0 saturated heterocycles. The van der Waals surface area contributed by atoms with Gasteiger partial charge in [-0.15, -0.1) is 0 Å². The van der Waals surface area contributed by atoms with Crippen molar-refractivity contribution in [1.29, 1.82) is 0 Å². The number of rotatable bonds is 6. The van der Waals surface area contributed by atoms with E-state index in [4.69, 9.17) is 15.2 Å². The fourth-order valence-electron chi connectivity index (χ4n) is 2.18. The third kappa shape index (κ3) is 2.94. The Hall–Kier alpha value is -1.26. The van der Waals surface area contributed by atoms with Crippen LogP contribution in [0.15, 0.2) is 12.1 Å². The molecule has 0 radical (unpaired) electrons. The largest absolute Gasteiger partial charge is 0.497 e. The average Bonchev–Trinajstić information content (AvgIpc) is 3.18. The molecule has 18 heavy (non-hydrogen) atoms. The van der Waals surface area contributed by atoms with Crippen LogP contribution in [0.25, 0.3) is 0 Å². The second kappa shape index (κ2) is 5.59. The van der Waals surface area contributed by atoms with Crippen molar-refractivity contribution in [3.05, 3.63) is 23.3 Å². The molecule has 4 nitrogen and oxygen atoms in total. The first-order valence-electron chi connectivity index (χ1n) is 6.37. The molecule has 0 aromatic heterocycles. The van der Waals surface area contributed by atoms with Gasteiger partial charge in [0.25, 0.3) is 0 Å². The Bertz CT molecular complexity index is 417. The van der Waals surface area contributed by atoms with E-state index in [0.717, 1.165) is 29.2 Å². The first kappa shape index (κ1) is 13.2. The van der Waals surface area contributed by atoms with Gasteiger partial charge in [-0.25, -0.2) is 0 Å². The van der Waals surface area contributed by atoms with Gasteiger partial charge >= 0.3 is 0 Å². The highest BCUT2D eigenvalue weighted by atomic mass is 16.5. The minimum Gasteiger partial charge on any atom is -0.497 e. The lowest BCUT2D eigenvalue weighted by molar-refractivity contribution is 0.386. The number of hydrogen-bond acceptors (Lipinski definition) is 4. The number of nitrogens with one attached hydrogen (secondary N) is 1. The van der Waals surface area contributed by atoms with Crippen LogP contribution in [0.3, 0.4) is 0 Å². The Morgan fingerprint density at radius 2 is 2.06 bits per heavy atom. The van der Waals surface area contributed by atoms with Gasteiger partial charge in [0.2, 0.25) is 0 Å². The Kier molecular flexibility index (Phi) is 4.09. The molecule has 4 heteroatoms. The first-order valence-corrected chi connectivity index (χ1v) is 6.37. The lowest BCUT2D eigenvalue weighted by atomic mass is 10.00. The summed E-state index contributed by atoms with van der Waals surface area (Å²) < 4.78 is 10.7. The molecule has 1 aromatic carbocycles. The van der Waals surface area contributed by atoms with E-state index >= 15 is 0 Å². The van der Waals surface area contributed by atoms with Crippen molar-refractivity contribution >= 4 is 0 Å². The minimum absolute atomic E-state index is 0.0496. The van der Waals surface area contributed by atoms with E-state index in [-0.39, 0.29) is 6.04 Å². The standard InChI is InChI=1S/C14H22N2O2/c1-9-6-11(17-2)7-13(18-3)14(9)12(15)8-16-10-4-5-10/h6-7,10,12,16H,4-5,8,15H2,1-3H3. The molecule has 1 saturated carbocycles. The Morgan fingerprint density at radius 1 is 1.33 bits per heavy atom. The SMILES string of the molecule is COc1cc(C)c(C(N)CNC2CC2)c(OC)c1. The zero-order valence-electron chi connectivity index (χ0n) is 11.3. The van der Waals surface area contributed by atoms with Crippen molar-refractivity contribution in [3.63, 3.8) is 0 Å². The molecule has 3 N–H and O–H groups in total. The molecule has 1 unspecified atom stereocenters. The molecule has 2 rings (SSSR count). The molecule has 0 aliphatic heterocycles. The van der Waals surface area contributed by atoms with Crippen LogP contribution < -0.4 is 20.5 Å². The van der Waals surface area contributed by atoms with E-state index in [1.54, 1.807) is 14.2 Å². The zero-order chi connectivity index (χ0) is 13.1. The molecule has 1 aliphatic rings. The maximum absolute atomic E-state index is 6.26. The summed E-state index contributed by atoms with van der Waals surface area (Å²) in [4.78, 5) is 0. The Morgan fingerprint density at radius 3 is 2.61 bits per heavy atom. The lowest BCUT2D eigenvalue weighted by Gasteiger charge is -2.19. The van der Waals surface area contributed by atoms with Crippen LogP contribution in [0.1, 0.15) is 30.0 Å². The summed E-state index contributed by atoms with van der Waals surface area (Å²) in [5, 5.41) is 3.45. The van der Waals surface area contributed by atoms with E-state index in [1.165, 1.54) is 12.8 Å². The topological polar surface area (TPSA) is 56.5 Å². The molecular weight excluding hydrogens is 228 g/mol. The molecule has 1 aromatic rings. The first-order chi connectivity index (χ1) is 8.65. The van der Waals surface area contributed by atoms with Crippen molar-refractivity contribution in [3.8, 4) is 11.5 Å². The third-order valence-electron chi connectivity index (χ3n) is 3.35. The molecule has 0 bridgehead atoms. The summed E-state index contributed by atoms with van der Waals surface area (Å²) in [7, 11) is 3.32. The second-order valence-corrected chi connectivity index (χ2v) is 4.85. The van der Waals surface area contributed by atoms with Gasteiger partial charge in [0.15, 0.2) is 0 Å². The highest BCUT2D eigenvalue weighted by Crippen LogP contribution is 2.32. The van der Waals surface area contributed by atoms with Crippen LogP contribution in [-0.2, 0) is 0 Å². The summed E-state index contributed by atoms with van der Waals surface area (Å²) >= 11 is 0. The van der Waals surface area contributed by atoms with Crippen LogP contribution >= 0.6 is 0 Å². The van der Waals surface area contributed by atoms with Crippen molar-refractivity contribution < 1.29 is 9.47 Å². The monoisotopic (exact) mass is 250 g/mol. The highest BCUT2D eigenvalue weighted by Gasteiger charge is 2.23. The van der Waals surface area contributed by atoms with E-state index in [1.807, 2.05) is 19.1 Å². The average molecular weight is 250 g/mol. The zero-order valence-corrected chi connectivity index (χ0v) is 11.3. The smallest absolute Gasteiger partial charge is 0.127 e. The maximum atomic E-state index is 6.26. The maximum Gasteiger partial charge on any atom is 0.127 e. The van der Waals surface area contributed by atoms with Crippen molar-refractivity contribution in [2.24, 2.45) is 5.73 Å². The fraction of sp³-hybridized carbons (Fsp3) is 0.571. The summed E-state index contributed by atoms with van der Waals surface area (Å²) in [5.41, 5.74) is 8.43. The van der Waals surface area contributed by atoms with E-state index < -0.39 is 0 Å². The van der Waals surface area contributed by atoms with Gasteiger partial charge in [-0.05, 0) is 31.4 Å². The molecule has 0 amide bonds. The number of aryl methyl sites for hydroxylation is 1. The molecule has 1 fully saturated rings. The van der Waals surface area contributed by atoms with Gasteiger partial charge in [-0.2, -0.15) is 0 Å². The summed E-state index contributed by atoms with van der Waals surface area (Å²) in [5.74, 6) is 1.60. The summed E-state index contributed by atoms with van der Waals surface area (Å²) in [6, 6.07) is 4.50. The minimum atomic E-state index is -0.0496. The normalized spacial score (nSPS) is 16.4. The number of ether oxygens (including phenoxy) is 2. The predicted octanol–water partition coefficient (Wildman–Crippen LogP) is 1.76. The second-order valence-electron chi connectivity index (χ2n) is 4.85. The predicted molar refractivity (Wildman–Crippen MR) is 72.2 cm³/mol. The summed E-state index contributed by atoms with van der Waals surface area (Å²) in [6.45, 7) is 2.82. The quantitative estimate of drug-likeness (QED) is 0.808. The summed E-state index contributed by atoms with van der Waals surface area (Å²) in [6.07, 6.45) is 2.54. The Balaban J connectivity index is 2.17. The van der Waals surface area contributed by atoms with Crippen molar-refractivity contribution in [2.45, 2.75) is 31.8 Å². The van der Waals surface area contributed by atoms with Gasteiger partial charge in [-0.3, -0.25) is 0 Å². The van der Waals surface area contributed by atoms with Gasteiger partial charge < -0.3 is 20.5 Å². The van der Waals surface area contributed by atoms with E-state index in [0.29, 0.717) is 6.04 Å². The fourth-order valence-corrected chi connectivity index (χ4v) is 2.18. The van der Waals surface area contributed by atoms with Gasteiger partial charge in [-0.1, -0.05) is 0 Å². The van der Waals surface area contributed by atoms with Crippen LogP contribution in [0, 0.1) is 6.92 Å². The van der Waals surface area contributed by atoms with E-state index in [2.05, 4.69) is 5.32 Å². The van der Waals surface area contributed by atoms with Gasteiger partial charge in [0.05, 0.1) is 14.2 Å². The molecule has 0 heterocycles. The third-order valence-corrected chi connectivity index (χ3v) is 3.35. The number of hydrogen-bond donors (Lipinski definition) is 2. The highest BCUT2D eigenvalue weighted by molar-refractivity contribution is 5.48. The number of methoxy groups -OCH3 is 2. The lowest BCUT2D eigenvalue weighted by Crippen LogP contribution is -2.29. The van der Waals surface area contributed by atoms with Crippen LogP contribution in [-0.4, -0.2) is 26.8 Å². The van der Waals surface area contributed by atoms with Gasteiger partial charge in [0, 0.05) is 30.3 Å². The molecule has 0 spiro atoms. The molecule has 100 valence electrons. The van der Waals surface area contributed by atoms with Crippen molar-refractivity contribution in [1.82, 2.24) is 5.32 Å². The number of benzene rings is 1.